The summed E-state index contributed by atoms with van der Waals surface area (Å²) in [7, 11) is 0. The Morgan fingerprint density at radius 3 is 2.33 bits per heavy atom. The lowest BCUT2D eigenvalue weighted by Gasteiger charge is -2.11. The van der Waals surface area contributed by atoms with Gasteiger partial charge in [0.2, 0.25) is 0 Å². The second kappa shape index (κ2) is 9.00. The molecule has 0 atom stereocenters. The molecule has 3 rings (SSSR count). The highest BCUT2D eigenvalue weighted by atomic mass is 19.4. The molecule has 0 fully saturated rings. The van der Waals surface area contributed by atoms with E-state index in [1.54, 1.807) is 0 Å². The number of nitrogens with one attached hydrogen (secondary N) is 2. The van der Waals surface area contributed by atoms with Crippen molar-refractivity contribution < 1.29 is 36.2 Å². The first-order valence-electron chi connectivity index (χ1n) is 8.25. The molecular weight excluding hydrogens is 418 g/mol. The van der Waals surface area contributed by atoms with E-state index in [2.05, 4.69) is 15.6 Å². The van der Waals surface area contributed by atoms with Crippen LogP contribution < -0.4 is 10.6 Å². The highest BCUT2D eigenvalue weighted by Gasteiger charge is 2.38. The molecular formula is C18H14F6N4O2. The van der Waals surface area contributed by atoms with Crippen LogP contribution in [0.4, 0.5) is 32.2 Å². The van der Waals surface area contributed by atoms with Gasteiger partial charge in [-0.1, -0.05) is 18.2 Å². The smallest absolute Gasteiger partial charge is 0.475 e. The van der Waals surface area contributed by atoms with Gasteiger partial charge in [-0.2, -0.15) is 31.6 Å². The predicted octanol–water partition coefficient (Wildman–Crippen LogP) is 3.82. The Morgan fingerprint density at radius 1 is 1.13 bits per heavy atom. The van der Waals surface area contributed by atoms with Crippen LogP contribution in [0.25, 0.3) is 0 Å². The fourth-order valence-electron chi connectivity index (χ4n) is 2.49. The van der Waals surface area contributed by atoms with Crippen LogP contribution in [0.1, 0.15) is 27.9 Å². The quantitative estimate of drug-likeness (QED) is 0.638. The van der Waals surface area contributed by atoms with Crippen molar-refractivity contribution in [3.8, 4) is 6.07 Å². The lowest BCUT2D eigenvalue weighted by atomic mass is 10.1. The van der Waals surface area contributed by atoms with Crippen molar-refractivity contribution >= 4 is 11.8 Å². The van der Waals surface area contributed by atoms with E-state index in [0.717, 1.165) is 30.8 Å². The highest BCUT2D eigenvalue weighted by Crippen LogP contribution is 2.29. The molecule has 0 bridgehead atoms. The molecule has 0 saturated carbocycles. The number of benzene rings is 1. The largest absolute Gasteiger partial charge is 0.490 e. The van der Waals surface area contributed by atoms with Crippen LogP contribution in [-0.2, 0) is 30.6 Å². The molecule has 0 aliphatic carbocycles. The first-order chi connectivity index (χ1) is 13.9. The van der Waals surface area contributed by atoms with Crippen molar-refractivity contribution in [1.29, 1.82) is 5.26 Å². The number of aromatic nitrogens is 1. The van der Waals surface area contributed by atoms with Gasteiger partial charge in [-0.3, -0.25) is 0 Å². The van der Waals surface area contributed by atoms with Gasteiger partial charge in [0.15, 0.2) is 0 Å². The Hall–Kier alpha value is -3.33. The number of hydrogen-bond donors (Lipinski definition) is 3. The third-order valence-corrected chi connectivity index (χ3v) is 3.91. The molecule has 0 radical (unpaired) electrons. The first kappa shape index (κ1) is 23.0. The van der Waals surface area contributed by atoms with E-state index in [1.807, 2.05) is 24.3 Å². The van der Waals surface area contributed by atoms with Crippen LogP contribution in [-0.4, -0.2) is 22.2 Å². The number of alkyl halides is 6. The Balaban J connectivity index is 0.000000396. The summed E-state index contributed by atoms with van der Waals surface area (Å²) < 4.78 is 69.9. The fourth-order valence-corrected chi connectivity index (χ4v) is 2.49. The maximum Gasteiger partial charge on any atom is 0.490 e. The normalized spacial score (nSPS) is 13.0. The third kappa shape index (κ3) is 6.08. The number of rotatable bonds is 3. The Kier molecular flexibility index (Phi) is 6.88. The number of carboxylic acid groups (broad SMARTS) is 1. The number of nitriles is 1. The van der Waals surface area contributed by atoms with Gasteiger partial charge in [0, 0.05) is 19.6 Å². The molecule has 30 heavy (non-hydrogen) atoms. The maximum atomic E-state index is 12.7. The third-order valence-electron chi connectivity index (χ3n) is 3.91. The van der Waals surface area contributed by atoms with Crippen LogP contribution in [0.3, 0.4) is 0 Å². The summed E-state index contributed by atoms with van der Waals surface area (Å²) in [5, 5.41) is 22.2. The molecule has 1 aromatic heterocycles. The zero-order chi connectivity index (χ0) is 22.5. The van der Waals surface area contributed by atoms with Crippen molar-refractivity contribution in [3.05, 3.63) is 58.3 Å². The summed E-state index contributed by atoms with van der Waals surface area (Å²) in [6.07, 6.45) is -9.62. The number of aliphatic carboxylic acids is 1. The van der Waals surface area contributed by atoms with Gasteiger partial charge in [0.25, 0.3) is 0 Å². The lowest BCUT2D eigenvalue weighted by molar-refractivity contribution is -0.192. The zero-order valence-electron chi connectivity index (χ0n) is 15.0. The topological polar surface area (TPSA) is 98.0 Å². The Morgan fingerprint density at radius 2 is 1.77 bits per heavy atom. The summed E-state index contributed by atoms with van der Waals surface area (Å²) in [5.74, 6) is -2.81. The molecule has 1 aromatic carbocycles. The van der Waals surface area contributed by atoms with Crippen LogP contribution in [0.5, 0.6) is 0 Å². The van der Waals surface area contributed by atoms with Gasteiger partial charge in [-0.05, 0) is 28.8 Å². The average molecular weight is 432 g/mol. The van der Waals surface area contributed by atoms with Crippen LogP contribution in [0.2, 0.25) is 0 Å². The van der Waals surface area contributed by atoms with Gasteiger partial charge < -0.3 is 15.7 Å². The lowest BCUT2D eigenvalue weighted by Crippen LogP contribution is -2.21. The fraction of sp³-hybridized carbons (Fsp3) is 0.278. The molecule has 0 saturated heterocycles. The summed E-state index contributed by atoms with van der Waals surface area (Å²) in [6.45, 7) is 1.92. The van der Waals surface area contributed by atoms with Gasteiger partial charge in [0.05, 0.1) is 5.56 Å². The van der Waals surface area contributed by atoms with Gasteiger partial charge >= 0.3 is 18.3 Å². The second-order valence-corrected chi connectivity index (χ2v) is 6.07. The summed E-state index contributed by atoms with van der Waals surface area (Å²) in [6, 6.07) is 9.70. The van der Waals surface area contributed by atoms with Crippen molar-refractivity contribution in [2.24, 2.45) is 0 Å². The van der Waals surface area contributed by atoms with Crippen LogP contribution in [0, 0.1) is 11.3 Å². The number of hydrogen-bond acceptors (Lipinski definition) is 5. The molecule has 3 N–H and O–H groups in total. The van der Waals surface area contributed by atoms with Crippen LogP contribution in [0.15, 0.2) is 30.3 Å². The summed E-state index contributed by atoms with van der Waals surface area (Å²) in [5.41, 5.74) is 2.40. The number of anilines is 1. The van der Waals surface area contributed by atoms with E-state index >= 15 is 0 Å². The molecule has 1 aliphatic heterocycles. The van der Waals surface area contributed by atoms with Crippen molar-refractivity contribution in [2.45, 2.75) is 32.0 Å². The summed E-state index contributed by atoms with van der Waals surface area (Å²) in [4.78, 5) is 12.4. The minimum atomic E-state index is -5.08. The van der Waals surface area contributed by atoms with Crippen molar-refractivity contribution in [1.82, 2.24) is 10.3 Å². The van der Waals surface area contributed by atoms with Crippen molar-refractivity contribution in [2.75, 3.05) is 5.32 Å². The molecule has 0 amide bonds. The molecule has 12 heteroatoms. The van der Waals surface area contributed by atoms with E-state index < -0.39 is 24.0 Å². The minimum absolute atomic E-state index is 0.0547. The number of pyridine rings is 1. The van der Waals surface area contributed by atoms with E-state index in [1.165, 1.54) is 11.1 Å². The number of carbonyl (C=O) groups is 1. The van der Waals surface area contributed by atoms with Gasteiger partial charge in [0.1, 0.15) is 17.6 Å². The molecule has 1 aliphatic rings. The summed E-state index contributed by atoms with van der Waals surface area (Å²) >= 11 is 0. The Bertz CT molecular complexity index is 967. The number of nitrogens with zero attached hydrogens (tertiary/aromatic N) is 2. The molecule has 6 nitrogen and oxygen atoms in total. The Labute approximate surface area is 166 Å². The zero-order valence-corrected chi connectivity index (χ0v) is 15.0. The van der Waals surface area contributed by atoms with Crippen molar-refractivity contribution in [3.63, 3.8) is 0 Å². The molecule has 2 aromatic rings. The van der Waals surface area contributed by atoms with Crippen LogP contribution >= 0.6 is 0 Å². The van der Waals surface area contributed by atoms with E-state index in [-0.39, 0.29) is 11.4 Å². The minimum Gasteiger partial charge on any atom is -0.475 e. The second-order valence-electron chi connectivity index (χ2n) is 6.07. The monoisotopic (exact) mass is 432 g/mol. The molecule has 0 spiro atoms. The number of fused-ring (bicyclic) bond motifs is 1. The molecule has 2 heterocycles. The number of carboxylic acids is 1. The van der Waals surface area contributed by atoms with Gasteiger partial charge in [-0.15, -0.1) is 0 Å². The molecule has 160 valence electrons. The average Bonchev–Trinajstić information content (AvgIpc) is 3.13. The SMILES string of the molecule is N#Cc1ccc(C(F)(F)F)nc1NCc1ccc2c(c1)CNC2.O=C(O)C(F)(F)F. The van der Waals surface area contributed by atoms with Gasteiger partial charge in [-0.25, -0.2) is 9.78 Å². The standard InChI is InChI=1S/C16H13F3N4.C2HF3O2/c17-16(18,19)14-4-3-11(6-20)15(23-14)22-7-10-1-2-12-8-21-9-13(12)5-10;3-2(4,5)1(6)7/h1-5,21H,7-9H2,(H,22,23);(H,6,7). The predicted molar refractivity (Wildman–Crippen MR) is 92.0 cm³/mol. The van der Waals surface area contributed by atoms with E-state index in [0.29, 0.717) is 6.54 Å². The first-order valence-corrected chi connectivity index (χ1v) is 8.25. The van der Waals surface area contributed by atoms with E-state index in [9.17, 15) is 26.3 Å². The maximum absolute atomic E-state index is 12.7. The highest BCUT2D eigenvalue weighted by molar-refractivity contribution is 5.73. The molecule has 0 unspecified atom stereocenters. The number of halogens is 6. The van der Waals surface area contributed by atoms with E-state index in [4.69, 9.17) is 15.2 Å².